The van der Waals surface area contributed by atoms with Crippen LogP contribution in [0.1, 0.15) is 29.9 Å². The number of nitrogens with zero attached hydrogens (tertiary/aromatic N) is 5. The van der Waals surface area contributed by atoms with E-state index >= 15 is 0 Å². The second-order valence-electron chi connectivity index (χ2n) is 4.92. The number of nitro groups is 1. The Bertz CT molecular complexity index is 753. The smallest absolute Gasteiger partial charge is 0.271 e. The van der Waals surface area contributed by atoms with Crippen molar-refractivity contribution in [1.29, 1.82) is 0 Å². The van der Waals surface area contributed by atoms with Crippen molar-refractivity contribution in [1.82, 2.24) is 20.2 Å². The molecule has 1 atom stereocenters. The van der Waals surface area contributed by atoms with Crippen LogP contribution in [0.2, 0.25) is 0 Å². The molecule has 9 heteroatoms. The number of amides is 1. The van der Waals surface area contributed by atoms with Gasteiger partial charge in [-0.25, -0.2) is 5.43 Å². The van der Waals surface area contributed by atoms with Gasteiger partial charge in [0.05, 0.1) is 11.1 Å². The lowest BCUT2D eigenvalue weighted by atomic mass is 10.3. The van der Waals surface area contributed by atoms with Crippen molar-refractivity contribution in [3.8, 4) is 0 Å². The number of hydrazone groups is 1. The van der Waals surface area contributed by atoms with Crippen molar-refractivity contribution < 1.29 is 9.72 Å². The van der Waals surface area contributed by atoms with Gasteiger partial charge in [0.1, 0.15) is 17.4 Å². The van der Waals surface area contributed by atoms with Crippen molar-refractivity contribution in [3.63, 3.8) is 0 Å². The maximum atomic E-state index is 12.1. The molecule has 0 radical (unpaired) electrons. The molecule has 0 spiro atoms. The lowest BCUT2D eigenvalue weighted by molar-refractivity contribution is -0.386. The Kier molecular flexibility index (Phi) is 4.79. The van der Waals surface area contributed by atoms with E-state index in [0.29, 0.717) is 5.69 Å². The highest BCUT2D eigenvalue weighted by molar-refractivity contribution is 5.83. The fourth-order valence-electron chi connectivity index (χ4n) is 2.12. The summed E-state index contributed by atoms with van der Waals surface area (Å²) in [5.41, 5.74) is 3.64. The van der Waals surface area contributed by atoms with Crippen LogP contribution in [0.25, 0.3) is 0 Å². The normalized spacial score (nSPS) is 12.3. The zero-order valence-corrected chi connectivity index (χ0v) is 12.9. The standard InChI is InChI=1S/C14H16N6O3/c1-9-13(20(22)23)10(2)19(18-9)11(3)14(21)17-16-8-12-5-4-6-15-7-12/h4-8,11H,1-3H3,(H,17,21)/b16-8-/t11-/m1/s1. The predicted octanol–water partition coefficient (Wildman–Crippen LogP) is 1.51. The monoisotopic (exact) mass is 316 g/mol. The van der Waals surface area contributed by atoms with E-state index in [9.17, 15) is 14.9 Å². The van der Waals surface area contributed by atoms with Gasteiger partial charge >= 0.3 is 5.69 Å². The molecule has 2 rings (SSSR count). The van der Waals surface area contributed by atoms with Gasteiger partial charge in [-0.2, -0.15) is 10.2 Å². The third kappa shape index (κ3) is 3.57. The Balaban J connectivity index is 2.10. The minimum atomic E-state index is -0.728. The van der Waals surface area contributed by atoms with Crippen molar-refractivity contribution in [2.24, 2.45) is 5.10 Å². The van der Waals surface area contributed by atoms with Crippen molar-refractivity contribution in [3.05, 3.63) is 51.6 Å². The van der Waals surface area contributed by atoms with Crippen LogP contribution < -0.4 is 5.43 Å². The van der Waals surface area contributed by atoms with Gasteiger partial charge in [-0.05, 0) is 26.8 Å². The first-order chi connectivity index (χ1) is 10.9. The summed E-state index contributed by atoms with van der Waals surface area (Å²) in [5.74, 6) is -0.425. The molecule has 0 unspecified atom stereocenters. The molecule has 2 heterocycles. The van der Waals surface area contributed by atoms with E-state index < -0.39 is 16.9 Å². The number of aryl methyl sites for hydroxylation is 1. The molecule has 0 aliphatic rings. The molecule has 0 bridgehead atoms. The van der Waals surface area contributed by atoms with E-state index in [1.807, 2.05) is 0 Å². The van der Waals surface area contributed by atoms with Gasteiger partial charge < -0.3 is 0 Å². The molecule has 0 saturated heterocycles. The van der Waals surface area contributed by atoms with Crippen LogP contribution in [0.3, 0.4) is 0 Å². The lowest BCUT2D eigenvalue weighted by Gasteiger charge is -2.11. The van der Waals surface area contributed by atoms with E-state index in [2.05, 4.69) is 20.6 Å². The molecule has 1 N–H and O–H groups in total. The first kappa shape index (κ1) is 16.3. The second kappa shape index (κ2) is 6.77. The minimum absolute atomic E-state index is 0.0801. The van der Waals surface area contributed by atoms with E-state index in [1.165, 1.54) is 17.8 Å². The maximum absolute atomic E-state index is 12.1. The minimum Gasteiger partial charge on any atom is -0.271 e. The highest BCUT2D eigenvalue weighted by Gasteiger charge is 2.26. The molecule has 0 aliphatic heterocycles. The topological polar surface area (TPSA) is 115 Å². The molecule has 2 aromatic rings. The Hall–Kier alpha value is -3.10. The number of rotatable bonds is 5. The molecule has 0 fully saturated rings. The molecule has 23 heavy (non-hydrogen) atoms. The molecular formula is C14H16N6O3. The zero-order chi connectivity index (χ0) is 17.0. The van der Waals surface area contributed by atoms with Gasteiger partial charge in [-0.3, -0.25) is 24.6 Å². The third-order valence-electron chi connectivity index (χ3n) is 3.29. The number of pyridine rings is 1. The largest absolute Gasteiger partial charge is 0.312 e. The van der Waals surface area contributed by atoms with Crippen LogP contribution in [0, 0.1) is 24.0 Å². The Morgan fingerprint density at radius 1 is 1.52 bits per heavy atom. The number of nitrogens with one attached hydrogen (secondary N) is 1. The summed E-state index contributed by atoms with van der Waals surface area (Å²) in [6, 6.07) is 2.81. The molecule has 0 saturated carbocycles. The fourth-order valence-corrected chi connectivity index (χ4v) is 2.12. The summed E-state index contributed by atoms with van der Waals surface area (Å²) in [7, 11) is 0. The summed E-state index contributed by atoms with van der Waals surface area (Å²) in [4.78, 5) is 26.5. The number of carbonyl (C=O) groups is 1. The van der Waals surface area contributed by atoms with Gasteiger partial charge in [0.2, 0.25) is 0 Å². The number of hydrogen-bond acceptors (Lipinski definition) is 6. The van der Waals surface area contributed by atoms with E-state index in [0.717, 1.165) is 5.56 Å². The average molecular weight is 316 g/mol. The first-order valence-corrected chi connectivity index (χ1v) is 6.85. The third-order valence-corrected chi connectivity index (χ3v) is 3.29. The quantitative estimate of drug-likeness (QED) is 0.510. The Morgan fingerprint density at radius 2 is 2.26 bits per heavy atom. The molecular weight excluding hydrogens is 300 g/mol. The maximum Gasteiger partial charge on any atom is 0.312 e. The summed E-state index contributed by atoms with van der Waals surface area (Å²) in [5, 5.41) is 18.9. The second-order valence-corrected chi connectivity index (χ2v) is 4.92. The van der Waals surface area contributed by atoms with Crippen molar-refractivity contribution in [2.75, 3.05) is 0 Å². The number of hydrogen-bond donors (Lipinski definition) is 1. The highest BCUT2D eigenvalue weighted by atomic mass is 16.6. The summed E-state index contributed by atoms with van der Waals surface area (Å²) in [6.07, 6.45) is 4.69. The summed E-state index contributed by atoms with van der Waals surface area (Å²) >= 11 is 0. The van der Waals surface area contributed by atoms with E-state index in [4.69, 9.17) is 0 Å². The van der Waals surface area contributed by atoms with Crippen LogP contribution >= 0.6 is 0 Å². The highest BCUT2D eigenvalue weighted by Crippen LogP contribution is 2.24. The molecule has 9 nitrogen and oxygen atoms in total. The lowest BCUT2D eigenvalue weighted by Crippen LogP contribution is -2.28. The Morgan fingerprint density at radius 3 is 2.83 bits per heavy atom. The van der Waals surface area contributed by atoms with Crippen LogP contribution in [0.15, 0.2) is 29.6 Å². The molecule has 1 amide bonds. The Labute approximate surface area is 132 Å². The van der Waals surface area contributed by atoms with Crippen LogP contribution in [-0.4, -0.2) is 31.8 Å². The van der Waals surface area contributed by atoms with Gasteiger partial charge in [0.25, 0.3) is 5.91 Å². The van der Waals surface area contributed by atoms with Crippen LogP contribution in [0.4, 0.5) is 5.69 Å². The van der Waals surface area contributed by atoms with Gasteiger partial charge in [-0.15, -0.1) is 0 Å². The molecule has 120 valence electrons. The fraction of sp³-hybridized carbons (Fsp3) is 0.286. The first-order valence-electron chi connectivity index (χ1n) is 6.85. The molecule has 0 aliphatic carbocycles. The van der Waals surface area contributed by atoms with Gasteiger partial charge in [-0.1, -0.05) is 6.07 Å². The molecule has 2 aromatic heterocycles. The van der Waals surface area contributed by atoms with Gasteiger partial charge in [0.15, 0.2) is 0 Å². The predicted molar refractivity (Wildman–Crippen MR) is 83.0 cm³/mol. The number of aromatic nitrogens is 3. The summed E-state index contributed by atoms with van der Waals surface area (Å²) < 4.78 is 1.32. The SMILES string of the molecule is Cc1nn([C@H](C)C(=O)N/N=C\c2cccnc2)c(C)c1[N+](=O)[O-]. The zero-order valence-electron chi connectivity index (χ0n) is 12.9. The van der Waals surface area contributed by atoms with Gasteiger partial charge in [0, 0.05) is 18.0 Å². The van der Waals surface area contributed by atoms with E-state index in [1.54, 1.807) is 38.4 Å². The van der Waals surface area contributed by atoms with Crippen molar-refractivity contribution in [2.45, 2.75) is 26.8 Å². The summed E-state index contributed by atoms with van der Waals surface area (Å²) in [6.45, 7) is 4.69. The van der Waals surface area contributed by atoms with Crippen LogP contribution in [0.5, 0.6) is 0 Å². The average Bonchev–Trinajstić information content (AvgIpc) is 2.82. The molecule has 0 aromatic carbocycles. The number of carbonyl (C=O) groups excluding carboxylic acids is 1. The van der Waals surface area contributed by atoms with E-state index in [-0.39, 0.29) is 11.4 Å². The van der Waals surface area contributed by atoms with Crippen LogP contribution in [-0.2, 0) is 4.79 Å². The van der Waals surface area contributed by atoms with Crippen molar-refractivity contribution >= 4 is 17.8 Å².